The molecule has 5 rings (SSSR count). The second-order valence-electron chi connectivity index (χ2n) is 17.1. The molecule has 1 aromatic heterocycles. The molecule has 0 radical (unpaired) electrons. The fourth-order valence-corrected chi connectivity index (χ4v) is 8.16. The maximum atomic E-state index is 14.8. The van der Waals surface area contributed by atoms with E-state index >= 15 is 0 Å². The molecule has 1 saturated heterocycles. The number of hydrogen-bond acceptors (Lipinski definition) is 9. The van der Waals surface area contributed by atoms with Gasteiger partial charge in [-0.1, -0.05) is 53.4 Å². The first-order chi connectivity index (χ1) is 27.0. The summed E-state index contributed by atoms with van der Waals surface area (Å²) in [6.45, 7) is 7.22. The predicted octanol–water partition coefficient (Wildman–Crippen LogP) is 7.16. The molecule has 310 valence electrons. The second-order valence-corrected chi connectivity index (χ2v) is 17.1. The van der Waals surface area contributed by atoms with E-state index in [1.807, 2.05) is 27.7 Å². The fourth-order valence-electron chi connectivity index (χ4n) is 8.16. The van der Waals surface area contributed by atoms with Gasteiger partial charge < -0.3 is 15.0 Å². The van der Waals surface area contributed by atoms with Gasteiger partial charge in [-0.15, -0.1) is 0 Å². The van der Waals surface area contributed by atoms with Gasteiger partial charge in [0.25, 0.3) is 5.91 Å². The average Bonchev–Trinajstić information content (AvgIpc) is 3.90. The molecule has 2 aliphatic carbocycles. The number of ether oxygens (including phenoxy) is 1. The van der Waals surface area contributed by atoms with Gasteiger partial charge in [0, 0.05) is 49.9 Å². The van der Waals surface area contributed by atoms with Crippen LogP contribution in [-0.4, -0.2) is 74.5 Å². The number of benzene rings is 1. The van der Waals surface area contributed by atoms with Crippen LogP contribution in [0.2, 0.25) is 0 Å². The highest BCUT2D eigenvalue weighted by Crippen LogP contribution is 2.38. The number of ketones is 4. The van der Waals surface area contributed by atoms with Gasteiger partial charge in [0.15, 0.2) is 17.3 Å². The van der Waals surface area contributed by atoms with Crippen molar-refractivity contribution < 1.29 is 46.7 Å². The summed E-state index contributed by atoms with van der Waals surface area (Å²) in [7, 11) is 0. The van der Waals surface area contributed by atoms with Crippen molar-refractivity contribution in [1.29, 1.82) is 0 Å². The zero-order chi connectivity index (χ0) is 41.5. The van der Waals surface area contributed by atoms with Crippen molar-refractivity contribution in [1.82, 2.24) is 20.2 Å². The lowest BCUT2D eigenvalue weighted by Crippen LogP contribution is -2.51. The molecule has 1 N–H and O–H groups in total. The molecule has 0 bridgehead atoms. The highest BCUT2D eigenvalue weighted by Gasteiger charge is 2.47. The Morgan fingerprint density at radius 1 is 0.930 bits per heavy atom. The fraction of sp³-hybridized carbons (Fsp3) is 0.628. The minimum absolute atomic E-state index is 0.00166. The number of likely N-dealkylation sites (tertiary alicyclic amines) is 1. The quantitative estimate of drug-likeness (QED) is 0.155. The summed E-state index contributed by atoms with van der Waals surface area (Å²) in [5, 5.41) is 2.89. The topological polar surface area (TPSA) is 153 Å². The first kappa shape index (κ1) is 43.6. The lowest BCUT2D eigenvalue weighted by molar-refractivity contribution is -0.147. The Kier molecular flexibility index (Phi) is 14.4. The molecule has 2 saturated carbocycles. The van der Waals surface area contributed by atoms with Crippen molar-refractivity contribution in [2.24, 2.45) is 29.1 Å². The maximum Gasteiger partial charge on any atom is 0.416 e. The molecular formula is C43H55F3N4O7. The van der Waals surface area contributed by atoms with Gasteiger partial charge >= 0.3 is 6.18 Å². The Bertz CT molecular complexity index is 1750. The lowest BCUT2D eigenvalue weighted by atomic mass is 9.74. The molecule has 3 fully saturated rings. The summed E-state index contributed by atoms with van der Waals surface area (Å²) in [6, 6.07) is 2.18. The number of hydrogen-bond donors (Lipinski definition) is 1. The summed E-state index contributed by atoms with van der Waals surface area (Å²) in [5.74, 6) is -4.50. The highest BCUT2D eigenvalue weighted by atomic mass is 19.4. The molecule has 2 amide bonds. The zero-order valence-electron chi connectivity index (χ0n) is 33.3. The molecule has 2 heterocycles. The monoisotopic (exact) mass is 796 g/mol. The Morgan fingerprint density at radius 2 is 1.61 bits per heavy atom. The number of alkyl halides is 3. The van der Waals surface area contributed by atoms with Crippen molar-refractivity contribution in [3.63, 3.8) is 0 Å². The van der Waals surface area contributed by atoms with E-state index in [1.54, 1.807) is 0 Å². The average molecular weight is 797 g/mol. The molecule has 0 unspecified atom stereocenters. The van der Waals surface area contributed by atoms with Crippen LogP contribution in [0.4, 0.5) is 13.2 Å². The number of halogens is 3. The highest BCUT2D eigenvalue weighted by molar-refractivity contribution is 6.38. The minimum Gasteiger partial charge on any atom is -0.488 e. The third-order valence-corrected chi connectivity index (χ3v) is 11.6. The van der Waals surface area contributed by atoms with Crippen molar-refractivity contribution >= 4 is 34.9 Å². The van der Waals surface area contributed by atoms with Crippen LogP contribution in [0.1, 0.15) is 127 Å². The normalized spacial score (nSPS) is 20.6. The minimum atomic E-state index is -4.55. The summed E-state index contributed by atoms with van der Waals surface area (Å²) in [4.78, 5) is 92.4. The summed E-state index contributed by atoms with van der Waals surface area (Å²) in [5.41, 5.74) is -1.60. The Labute approximate surface area is 332 Å². The van der Waals surface area contributed by atoms with E-state index in [2.05, 4.69) is 15.3 Å². The Hall–Kier alpha value is -4.49. The van der Waals surface area contributed by atoms with Gasteiger partial charge in [-0.3, -0.25) is 33.8 Å². The third-order valence-electron chi connectivity index (χ3n) is 11.6. The summed E-state index contributed by atoms with van der Waals surface area (Å²) >= 11 is 0. The first-order valence-corrected chi connectivity index (χ1v) is 20.3. The van der Waals surface area contributed by atoms with Gasteiger partial charge in [-0.2, -0.15) is 13.2 Å². The first-order valence-electron chi connectivity index (χ1n) is 20.3. The van der Waals surface area contributed by atoms with E-state index in [9.17, 15) is 41.9 Å². The van der Waals surface area contributed by atoms with Crippen molar-refractivity contribution in [2.45, 2.75) is 136 Å². The van der Waals surface area contributed by atoms with Crippen molar-refractivity contribution in [3.8, 4) is 5.75 Å². The lowest BCUT2D eigenvalue weighted by Gasteiger charge is -2.36. The van der Waals surface area contributed by atoms with Gasteiger partial charge in [0.1, 0.15) is 17.5 Å². The number of amides is 2. The van der Waals surface area contributed by atoms with Crippen LogP contribution in [0.15, 0.2) is 42.9 Å². The van der Waals surface area contributed by atoms with Crippen LogP contribution in [0.3, 0.4) is 0 Å². The van der Waals surface area contributed by atoms with Crippen LogP contribution in [0, 0.1) is 29.1 Å². The molecule has 1 aromatic carbocycles. The van der Waals surface area contributed by atoms with Gasteiger partial charge in [-0.25, -0.2) is 4.98 Å². The molecule has 3 aliphatic rings. The number of Topliss-reactive ketones (excluding diaryl/α,β-unsaturated/α-hetero) is 4. The van der Waals surface area contributed by atoms with Crippen LogP contribution < -0.4 is 10.1 Å². The van der Waals surface area contributed by atoms with Crippen molar-refractivity contribution in [3.05, 3.63) is 54.1 Å². The number of carbonyl (C=O) groups is 6. The molecule has 5 atom stereocenters. The molecule has 14 heteroatoms. The molecule has 57 heavy (non-hydrogen) atoms. The number of nitrogens with one attached hydrogen (secondary N) is 1. The van der Waals surface area contributed by atoms with E-state index in [0.717, 1.165) is 57.1 Å². The zero-order valence-corrected chi connectivity index (χ0v) is 33.3. The second kappa shape index (κ2) is 18.8. The van der Waals surface area contributed by atoms with Crippen LogP contribution >= 0.6 is 0 Å². The summed E-state index contributed by atoms with van der Waals surface area (Å²) < 4.78 is 45.9. The van der Waals surface area contributed by atoms with E-state index in [4.69, 9.17) is 4.74 Å². The van der Waals surface area contributed by atoms with E-state index in [1.165, 1.54) is 35.6 Å². The van der Waals surface area contributed by atoms with Crippen LogP contribution in [-0.2, 0) is 30.1 Å². The van der Waals surface area contributed by atoms with E-state index < -0.39 is 76.3 Å². The van der Waals surface area contributed by atoms with E-state index in [0.29, 0.717) is 12.8 Å². The molecule has 11 nitrogen and oxygen atoms in total. The Morgan fingerprint density at radius 3 is 2.19 bits per heavy atom. The number of rotatable bonds is 18. The maximum absolute atomic E-state index is 14.8. The van der Waals surface area contributed by atoms with Gasteiger partial charge in [0.2, 0.25) is 11.7 Å². The molecular weight excluding hydrogens is 741 g/mol. The van der Waals surface area contributed by atoms with Crippen molar-refractivity contribution in [2.75, 3.05) is 6.54 Å². The largest absolute Gasteiger partial charge is 0.488 e. The number of carbonyl (C=O) groups excluding carboxylic acids is 6. The third kappa shape index (κ3) is 11.8. The van der Waals surface area contributed by atoms with Crippen LogP contribution in [0.5, 0.6) is 5.75 Å². The SMILES string of the molecule is CCC[C@H](CC(=O)[C@@H]1C[C@@H](Oc2ccc(C(F)(F)F)cc2)CN1C(=O)[C@@H](CC(=O)[C@@H](NC(=O)c1cnccn1)C1CCCCC1)C(C)(C)C)C(=O)C(=O)CC1CC1. The Balaban J connectivity index is 1.41. The molecule has 1 aliphatic heterocycles. The number of aromatic nitrogens is 2. The standard InChI is InChI=1S/C43H55F3N4O7/c1-5-9-28(39(54)37(53)20-26-12-13-26)21-35(51)34-22-31(57-30-16-14-29(15-17-30)43(44,45)46)25-50(34)41(56)32(42(2,3)4)23-36(52)38(27-10-7-6-8-11-27)49-40(55)33-24-47-18-19-48-33/h14-19,24,26-28,31-32,34,38H,5-13,20-23,25H2,1-4H3,(H,49,55)/t28-,31-,32-,34+,38+/m1/s1. The molecule has 0 spiro atoms. The van der Waals surface area contributed by atoms with E-state index in [-0.39, 0.29) is 61.3 Å². The van der Waals surface area contributed by atoms with Crippen LogP contribution in [0.25, 0.3) is 0 Å². The predicted molar refractivity (Wildman–Crippen MR) is 204 cm³/mol. The molecule has 2 aromatic rings. The smallest absolute Gasteiger partial charge is 0.416 e. The van der Waals surface area contributed by atoms with Gasteiger partial charge in [0.05, 0.1) is 30.4 Å². The number of nitrogens with zero attached hydrogens (tertiary/aromatic N) is 3. The van der Waals surface area contributed by atoms with Gasteiger partial charge in [-0.05, 0) is 73.6 Å². The summed E-state index contributed by atoms with van der Waals surface area (Å²) in [6.07, 6.45) is 5.33.